The molecule has 4 rings (SSSR count). The fourth-order valence-corrected chi connectivity index (χ4v) is 3.59. The third-order valence-electron chi connectivity index (χ3n) is 5.26. The van der Waals surface area contributed by atoms with Crippen molar-refractivity contribution in [3.63, 3.8) is 0 Å². The molecule has 166 valence electrons. The van der Waals surface area contributed by atoms with Crippen molar-refractivity contribution >= 4 is 6.29 Å². The lowest BCUT2D eigenvalue weighted by Crippen LogP contribution is -2.06. The number of hydrogen-bond acceptors (Lipinski definition) is 4. The fraction of sp³-hybridized carbons (Fsp3) is 0.138. The first kappa shape index (κ1) is 22.3. The number of benzene rings is 4. The van der Waals surface area contributed by atoms with Crippen molar-refractivity contribution in [1.82, 2.24) is 0 Å². The van der Waals surface area contributed by atoms with Crippen LogP contribution in [0.5, 0.6) is 17.2 Å². The standard InChI is InChI=1S/C29H26O4/c1-31-16-17-32-29-15-12-23(21-30)19-26(29)18-22-10-13-27(14-11-22)33-28-9-5-8-25(20-28)24-6-3-2-4-7-24/h2-15,19-21H,16-18H2,1H3. The molecule has 0 heterocycles. The van der Waals surface area contributed by atoms with Gasteiger partial charge in [0.15, 0.2) is 0 Å². The molecule has 4 nitrogen and oxygen atoms in total. The van der Waals surface area contributed by atoms with Crippen LogP contribution >= 0.6 is 0 Å². The molecule has 4 heteroatoms. The highest BCUT2D eigenvalue weighted by atomic mass is 16.5. The quantitative estimate of drug-likeness (QED) is 0.207. The summed E-state index contributed by atoms with van der Waals surface area (Å²) in [5.74, 6) is 2.31. The van der Waals surface area contributed by atoms with E-state index in [9.17, 15) is 4.79 Å². The van der Waals surface area contributed by atoms with E-state index in [2.05, 4.69) is 18.2 Å². The molecule has 0 atom stereocenters. The molecule has 0 saturated heterocycles. The fourth-order valence-electron chi connectivity index (χ4n) is 3.59. The van der Waals surface area contributed by atoms with E-state index in [1.807, 2.05) is 72.8 Å². The Morgan fingerprint density at radius 3 is 2.27 bits per heavy atom. The zero-order chi connectivity index (χ0) is 22.9. The smallest absolute Gasteiger partial charge is 0.150 e. The number of rotatable bonds is 10. The van der Waals surface area contributed by atoms with Gasteiger partial charge in [0.25, 0.3) is 0 Å². The second-order valence-electron chi connectivity index (χ2n) is 7.64. The van der Waals surface area contributed by atoms with Crippen LogP contribution < -0.4 is 9.47 Å². The molecule has 0 unspecified atom stereocenters. The van der Waals surface area contributed by atoms with Crippen LogP contribution in [0.4, 0.5) is 0 Å². The maximum absolute atomic E-state index is 11.2. The summed E-state index contributed by atoms with van der Waals surface area (Å²) in [7, 11) is 1.64. The number of carbonyl (C=O) groups is 1. The maximum atomic E-state index is 11.2. The molecule has 0 aliphatic rings. The van der Waals surface area contributed by atoms with Gasteiger partial charge in [0.2, 0.25) is 0 Å². The number of aldehydes is 1. The lowest BCUT2D eigenvalue weighted by Gasteiger charge is -2.13. The number of methoxy groups -OCH3 is 1. The van der Waals surface area contributed by atoms with Crippen molar-refractivity contribution < 1.29 is 19.0 Å². The van der Waals surface area contributed by atoms with Gasteiger partial charge in [-0.2, -0.15) is 0 Å². The van der Waals surface area contributed by atoms with Crippen LogP contribution in [0.1, 0.15) is 21.5 Å². The Labute approximate surface area is 194 Å². The van der Waals surface area contributed by atoms with Crippen molar-refractivity contribution in [2.45, 2.75) is 6.42 Å². The van der Waals surface area contributed by atoms with Gasteiger partial charge in [0.1, 0.15) is 30.1 Å². The van der Waals surface area contributed by atoms with Crippen molar-refractivity contribution in [3.05, 3.63) is 114 Å². The van der Waals surface area contributed by atoms with Gasteiger partial charge in [-0.1, -0.05) is 54.6 Å². The predicted octanol–water partition coefficient (Wildman–Crippen LogP) is 6.57. The summed E-state index contributed by atoms with van der Waals surface area (Å²) < 4.78 is 17.0. The molecule has 0 aliphatic carbocycles. The van der Waals surface area contributed by atoms with Gasteiger partial charge >= 0.3 is 0 Å². The summed E-state index contributed by atoms with van der Waals surface area (Å²) in [6, 6.07) is 31.7. The Morgan fingerprint density at radius 1 is 0.727 bits per heavy atom. The average molecular weight is 439 g/mol. The molecule has 0 fully saturated rings. The second kappa shape index (κ2) is 11.1. The molecule has 0 amide bonds. The van der Waals surface area contributed by atoms with Crippen LogP contribution in [0, 0.1) is 0 Å². The van der Waals surface area contributed by atoms with Gasteiger partial charge in [0.05, 0.1) is 6.61 Å². The predicted molar refractivity (Wildman–Crippen MR) is 130 cm³/mol. The van der Waals surface area contributed by atoms with E-state index < -0.39 is 0 Å². The second-order valence-corrected chi connectivity index (χ2v) is 7.64. The van der Waals surface area contributed by atoms with Gasteiger partial charge in [-0.25, -0.2) is 0 Å². The highest BCUT2D eigenvalue weighted by Gasteiger charge is 2.08. The van der Waals surface area contributed by atoms with Crippen LogP contribution in [0.2, 0.25) is 0 Å². The van der Waals surface area contributed by atoms with Crippen LogP contribution in [-0.4, -0.2) is 26.6 Å². The molecular weight excluding hydrogens is 412 g/mol. The summed E-state index contributed by atoms with van der Waals surface area (Å²) in [5.41, 5.74) is 4.95. The maximum Gasteiger partial charge on any atom is 0.150 e. The third-order valence-corrected chi connectivity index (χ3v) is 5.26. The lowest BCUT2D eigenvalue weighted by molar-refractivity contribution is 0.112. The molecule has 0 aliphatic heterocycles. The number of hydrogen-bond donors (Lipinski definition) is 0. The minimum atomic E-state index is 0.457. The Balaban J connectivity index is 1.47. The largest absolute Gasteiger partial charge is 0.491 e. The monoisotopic (exact) mass is 438 g/mol. The van der Waals surface area contributed by atoms with Crippen molar-refractivity contribution in [2.75, 3.05) is 20.3 Å². The first-order valence-corrected chi connectivity index (χ1v) is 10.9. The normalized spacial score (nSPS) is 10.6. The minimum Gasteiger partial charge on any atom is -0.491 e. The minimum absolute atomic E-state index is 0.457. The van der Waals surface area contributed by atoms with Gasteiger partial charge in [-0.3, -0.25) is 4.79 Å². The Bertz CT molecular complexity index is 1180. The molecule has 4 aromatic carbocycles. The highest BCUT2D eigenvalue weighted by molar-refractivity contribution is 5.75. The molecule has 0 radical (unpaired) electrons. The Hall–Kier alpha value is -3.89. The molecule has 33 heavy (non-hydrogen) atoms. The van der Waals surface area contributed by atoms with Gasteiger partial charge in [-0.05, 0) is 64.7 Å². The van der Waals surface area contributed by atoms with Gasteiger partial charge in [0, 0.05) is 19.1 Å². The zero-order valence-electron chi connectivity index (χ0n) is 18.6. The molecular formula is C29H26O4. The number of ether oxygens (including phenoxy) is 3. The van der Waals surface area contributed by atoms with Crippen molar-refractivity contribution in [2.24, 2.45) is 0 Å². The summed E-state index contributed by atoms with van der Waals surface area (Å²) in [6.07, 6.45) is 1.50. The van der Waals surface area contributed by atoms with Gasteiger partial charge in [-0.15, -0.1) is 0 Å². The van der Waals surface area contributed by atoms with Crippen LogP contribution in [-0.2, 0) is 11.2 Å². The van der Waals surface area contributed by atoms with E-state index in [0.29, 0.717) is 25.2 Å². The first-order chi connectivity index (χ1) is 16.2. The Morgan fingerprint density at radius 2 is 1.52 bits per heavy atom. The van der Waals surface area contributed by atoms with Crippen molar-refractivity contribution in [1.29, 1.82) is 0 Å². The van der Waals surface area contributed by atoms with Gasteiger partial charge < -0.3 is 14.2 Å². The third kappa shape index (κ3) is 6.09. The highest BCUT2D eigenvalue weighted by Crippen LogP contribution is 2.28. The average Bonchev–Trinajstić information content (AvgIpc) is 2.87. The van der Waals surface area contributed by atoms with Crippen LogP contribution in [0.15, 0.2) is 97.1 Å². The van der Waals surface area contributed by atoms with Crippen molar-refractivity contribution in [3.8, 4) is 28.4 Å². The topological polar surface area (TPSA) is 44.8 Å². The van der Waals surface area contributed by atoms with E-state index in [1.165, 1.54) is 0 Å². The summed E-state index contributed by atoms with van der Waals surface area (Å²) in [5, 5.41) is 0. The molecule has 4 aromatic rings. The number of carbonyl (C=O) groups excluding carboxylic acids is 1. The summed E-state index contributed by atoms with van der Waals surface area (Å²) >= 11 is 0. The van der Waals surface area contributed by atoms with E-state index in [-0.39, 0.29) is 0 Å². The molecule has 0 bridgehead atoms. The van der Waals surface area contributed by atoms with E-state index in [0.717, 1.165) is 45.8 Å². The summed E-state index contributed by atoms with van der Waals surface area (Å²) in [6.45, 7) is 0.963. The van der Waals surface area contributed by atoms with Crippen LogP contribution in [0.3, 0.4) is 0 Å². The Kier molecular flexibility index (Phi) is 7.52. The molecule has 0 spiro atoms. The summed E-state index contributed by atoms with van der Waals surface area (Å²) in [4.78, 5) is 11.2. The molecule has 0 saturated carbocycles. The van der Waals surface area contributed by atoms with Crippen LogP contribution in [0.25, 0.3) is 11.1 Å². The first-order valence-electron chi connectivity index (χ1n) is 10.9. The lowest BCUT2D eigenvalue weighted by atomic mass is 10.0. The molecule has 0 aromatic heterocycles. The van der Waals surface area contributed by atoms with E-state index >= 15 is 0 Å². The van der Waals surface area contributed by atoms with E-state index in [4.69, 9.17) is 14.2 Å². The molecule has 0 N–H and O–H groups in total. The van der Waals surface area contributed by atoms with E-state index in [1.54, 1.807) is 13.2 Å². The zero-order valence-corrected chi connectivity index (χ0v) is 18.6. The SMILES string of the molecule is COCCOc1ccc(C=O)cc1Cc1ccc(Oc2cccc(-c3ccccc3)c2)cc1.